The number of hydrogen-bond acceptors (Lipinski definition) is 2. The van der Waals surface area contributed by atoms with E-state index in [4.69, 9.17) is 0 Å². The molecule has 4 rings (SSSR count). The second kappa shape index (κ2) is 7.65. The van der Waals surface area contributed by atoms with Crippen LogP contribution in [-0.2, 0) is 6.42 Å². The molecule has 2 aromatic carbocycles. The van der Waals surface area contributed by atoms with Crippen LogP contribution in [0.4, 0.5) is 5.69 Å². The summed E-state index contributed by atoms with van der Waals surface area (Å²) >= 11 is 0. The van der Waals surface area contributed by atoms with Crippen molar-refractivity contribution >= 4 is 28.7 Å². The van der Waals surface area contributed by atoms with Gasteiger partial charge in [0.25, 0.3) is 0 Å². The third kappa shape index (κ3) is 2.96. The normalized spacial score (nSPS) is 21.9. The van der Waals surface area contributed by atoms with E-state index in [0.717, 1.165) is 13.0 Å². The zero-order valence-electron chi connectivity index (χ0n) is 14.7. The second-order valence-corrected chi connectivity index (χ2v) is 6.84. The Kier molecular flexibility index (Phi) is 6.24. The summed E-state index contributed by atoms with van der Waals surface area (Å²) in [6.45, 7) is 5.79. The van der Waals surface area contributed by atoms with Crippen LogP contribution in [0.1, 0.15) is 36.6 Å². The van der Waals surface area contributed by atoms with Gasteiger partial charge in [-0.15, -0.1) is 11.6 Å². The van der Waals surface area contributed by atoms with Crippen molar-refractivity contribution in [3.63, 3.8) is 0 Å². The first-order valence-corrected chi connectivity index (χ1v) is 8.25. The van der Waals surface area contributed by atoms with Gasteiger partial charge in [0.2, 0.25) is 0 Å². The molecule has 2 aliphatic rings. The molecular weight excluding hydrogens is 328 g/mol. The van der Waals surface area contributed by atoms with Crippen molar-refractivity contribution in [2.75, 3.05) is 18.5 Å². The number of benzene rings is 2. The molecule has 0 amide bonds. The Morgan fingerprint density at radius 3 is 2.62 bits per heavy atom. The van der Waals surface area contributed by atoms with Crippen LogP contribution < -0.4 is 17.3 Å². The predicted molar refractivity (Wildman–Crippen MR) is 96.8 cm³/mol. The number of halogens is 1. The molecule has 2 aliphatic heterocycles. The van der Waals surface area contributed by atoms with Gasteiger partial charge in [-0.05, 0) is 23.5 Å². The molecule has 0 saturated carbocycles. The van der Waals surface area contributed by atoms with E-state index in [0.29, 0.717) is 18.1 Å². The van der Waals surface area contributed by atoms with Crippen LogP contribution in [0, 0.1) is 12.0 Å². The van der Waals surface area contributed by atoms with Gasteiger partial charge in [0, 0.05) is 19.6 Å². The van der Waals surface area contributed by atoms with Crippen molar-refractivity contribution in [3.8, 4) is 0 Å². The van der Waals surface area contributed by atoms with E-state index >= 15 is 0 Å². The van der Waals surface area contributed by atoms with Crippen LogP contribution in [0.5, 0.6) is 0 Å². The van der Waals surface area contributed by atoms with E-state index in [-0.39, 0.29) is 35.5 Å². The average molecular weight is 351 g/mol. The molecule has 0 spiro atoms. The maximum atomic E-state index is 3.30. The van der Waals surface area contributed by atoms with Gasteiger partial charge >= 0.3 is 23.1 Å². The van der Waals surface area contributed by atoms with Crippen molar-refractivity contribution in [2.24, 2.45) is 5.92 Å². The molecule has 0 saturated heterocycles. The topological polar surface area (TPSA) is 6.48 Å². The van der Waals surface area contributed by atoms with Crippen molar-refractivity contribution in [1.29, 1.82) is 0 Å². The van der Waals surface area contributed by atoms with E-state index < -0.39 is 0 Å². The van der Waals surface area contributed by atoms with Crippen LogP contribution >= 0.6 is 0 Å². The molecule has 0 radical (unpaired) electrons. The zero-order chi connectivity index (χ0) is 15.3. The fraction of sp³-hybridized carbons (Fsp3) is 0.400. The molecule has 2 nitrogen and oxygen atoms in total. The Balaban J connectivity index is 0.00000104. The maximum absolute atomic E-state index is 3.30. The largest absolute Gasteiger partial charge is 2.00 e. The minimum absolute atomic E-state index is 0. The van der Waals surface area contributed by atoms with E-state index in [1.54, 1.807) is 0 Å². The summed E-state index contributed by atoms with van der Waals surface area (Å²) in [5.41, 5.74) is 5.74. The van der Waals surface area contributed by atoms with Gasteiger partial charge in [-0.2, -0.15) is 18.2 Å². The summed E-state index contributed by atoms with van der Waals surface area (Å²) < 4.78 is 0. The quantitative estimate of drug-likeness (QED) is 0.545. The van der Waals surface area contributed by atoms with Gasteiger partial charge in [-0.3, -0.25) is 4.90 Å². The Morgan fingerprint density at radius 1 is 1.12 bits per heavy atom. The standard InChI is InChI=1S/C20H23N2.ClH.Mg/c1-14(2)20-21(3)18-11-7-6-10-17(18)19-16-9-5-4-8-15(16)12-13-22(19)20;;/h4-5,7-11,14,19-20H,12-13H2,1-3H3;1H;/q-1;;+2/p-1/t19-,20?;;/m1../s1. The monoisotopic (exact) mass is 350 g/mol. The van der Waals surface area contributed by atoms with Gasteiger partial charge < -0.3 is 17.3 Å². The first kappa shape index (κ1) is 19.6. The number of anilines is 1. The first-order chi connectivity index (χ1) is 10.7. The number of nitrogens with zero attached hydrogens (tertiary/aromatic N) is 2. The summed E-state index contributed by atoms with van der Waals surface area (Å²) in [5.74, 6) is 0.593. The molecule has 0 fully saturated rings. The summed E-state index contributed by atoms with van der Waals surface area (Å²) in [4.78, 5) is 5.14. The SMILES string of the molecule is CC(C)C1N(C)c2cc[c-]cc2[C@H]2c3ccccc3CCN12.[Cl-].[Mg+2]. The van der Waals surface area contributed by atoms with Crippen molar-refractivity contribution in [1.82, 2.24) is 4.90 Å². The van der Waals surface area contributed by atoms with Crippen molar-refractivity contribution in [2.45, 2.75) is 32.5 Å². The van der Waals surface area contributed by atoms with Crippen LogP contribution in [0.3, 0.4) is 0 Å². The molecule has 0 bridgehead atoms. The van der Waals surface area contributed by atoms with Crippen LogP contribution in [0.25, 0.3) is 0 Å². The van der Waals surface area contributed by atoms with E-state index in [1.807, 2.05) is 6.07 Å². The zero-order valence-corrected chi connectivity index (χ0v) is 16.8. The molecule has 2 aromatic rings. The number of fused-ring (bicyclic) bond motifs is 5. The predicted octanol–water partition coefficient (Wildman–Crippen LogP) is 0.489. The van der Waals surface area contributed by atoms with Gasteiger partial charge in [-0.25, -0.2) is 0 Å². The summed E-state index contributed by atoms with van der Waals surface area (Å²) in [7, 11) is 2.24. The average Bonchev–Trinajstić information content (AvgIpc) is 2.54. The van der Waals surface area contributed by atoms with E-state index in [1.165, 1.54) is 22.4 Å². The summed E-state index contributed by atoms with van der Waals surface area (Å²) in [5, 5.41) is 0. The van der Waals surface area contributed by atoms with E-state index in [2.05, 4.69) is 73.2 Å². The molecular formula is C20H23ClMgN2. The Bertz CT molecular complexity index is 704. The fourth-order valence-corrected chi connectivity index (χ4v) is 4.39. The third-order valence-electron chi connectivity index (χ3n) is 5.20. The Hall–Kier alpha value is -0.744. The van der Waals surface area contributed by atoms with Gasteiger partial charge in [0.1, 0.15) is 0 Å². The van der Waals surface area contributed by atoms with Gasteiger partial charge in [0.05, 0.1) is 6.17 Å². The van der Waals surface area contributed by atoms with Crippen LogP contribution in [0.15, 0.2) is 42.5 Å². The molecule has 122 valence electrons. The number of rotatable bonds is 1. The minimum atomic E-state index is 0. The molecule has 0 aliphatic carbocycles. The molecule has 1 unspecified atom stereocenters. The van der Waals surface area contributed by atoms with Crippen LogP contribution in [-0.4, -0.2) is 47.7 Å². The molecule has 4 heteroatoms. The molecule has 0 aromatic heterocycles. The van der Waals surface area contributed by atoms with Crippen LogP contribution in [0.2, 0.25) is 0 Å². The number of hydrogen-bond donors (Lipinski definition) is 0. The van der Waals surface area contributed by atoms with Gasteiger partial charge in [0.15, 0.2) is 0 Å². The Labute approximate surface area is 167 Å². The second-order valence-electron chi connectivity index (χ2n) is 6.84. The molecule has 2 atom stereocenters. The van der Waals surface area contributed by atoms with Crippen molar-refractivity contribution in [3.05, 3.63) is 65.2 Å². The smallest absolute Gasteiger partial charge is 1.00 e. The first-order valence-electron chi connectivity index (χ1n) is 8.25. The minimum Gasteiger partial charge on any atom is -1.00 e. The van der Waals surface area contributed by atoms with E-state index in [9.17, 15) is 0 Å². The maximum Gasteiger partial charge on any atom is 2.00 e. The van der Waals surface area contributed by atoms with Crippen molar-refractivity contribution < 1.29 is 12.4 Å². The molecule has 2 heterocycles. The summed E-state index contributed by atoms with van der Waals surface area (Å²) in [6.07, 6.45) is 1.60. The Morgan fingerprint density at radius 2 is 1.88 bits per heavy atom. The molecule has 24 heavy (non-hydrogen) atoms. The molecule has 0 N–H and O–H groups in total. The third-order valence-corrected chi connectivity index (χ3v) is 5.20. The van der Waals surface area contributed by atoms with Gasteiger partial charge in [-0.1, -0.05) is 43.8 Å². The summed E-state index contributed by atoms with van der Waals surface area (Å²) in [6, 6.07) is 19.1. The fourth-order valence-electron chi connectivity index (χ4n) is 4.39.